The summed E-state index contributed by atoms with van der Waals surface area (Å²) >= 11 is 0. The molecule has 20 heavy (non-hydrogen) atoms. The number of hydrogen-bond donors (Lipinski definition) is 2. The van der Waals surface area contributed by atoms with Crippen molar-refractivity contribution in [3.05, 3.63) is 24.0 Å². The first-order valence-corrected chi connectivity index (χ1v) is 6.45. The molecule has 2 rings (SSSR count). The number of ether oxygens (including phenoxy) is 1. The molecule has 1 aliphatic heterocycles. The van der Waals surface area contributed by atoms with Gasteiger partial charge in [-0.25, -0.2) is 4.79 Å². The Bertz CT molecular complexity index is 498. The fourth-order valence-electron chi connectivity index (χ4n) is 2.27. The molecule has 2 heterocycles. The first-order valence-electron chi connectivity index (χ1n) is 6.45. The highest BCUT2D eigenvalue weighted by Crippen LogP contribution is 2.19. The summed E-state index contributed by atoms with van der Waals surface area (Å²) in [6.45, 7) is 1.25. The third-order valence-corrected chi connectivity index (χ3v) is 3.37. The molecular formula is C13H18N4O3. The topological polar surface area (TPSA) is 97.6 Å². The lowest BCUT2D eigenvalue weighted by atomic mass is 10.0. The van der Waals surface area contributed by atoms with Crippen molar-refractivity contribution in [2.45, 2.75) is 18.9 Å². The van der Waals surface area contributed by atoms with Gasteiger partial charge in [0.15, 0.2) is 0 Å². The maximum absolute atomic E-state index is 11.4. The molecule has 0 saturated carbocycles. The van der Waals surface area contributed by atoms with Crippen molar-refractivity contribution >= 4 is 17.7 Å². The highest BCUT2D eigenvalue weighted by molar-refractivity contribution is 5.98. The number of likely N-dealkylation sites (tertiary alicyclic amines) is 1. The zero-order chi connectivity index (χ0) is 14.5. The molecule has 1 aromatic heterocycles. The molecule has 0 aromatic carbocycles. The molecule has 1 aromatic rings. The van der Waals surface area contributed by atoms with E-state index in [1.54, 1.807) is 17.2 Å². The normalized spacial score (nSPS) is 15.8. The molecule has 2 amide bonds. The Kier molecular flexibility index (Phi) is 4.39. The van der Waals surface area contributed by atoms with Crippen molar-refractivity contribution in [1.29, 1.82) is 0 Å². The molecule has 0 radical (unpaired) electrons. The van der Waals surface area contributed by atoms with E-state index in [0.717, 1.165) is 12.8 Å². The number of aromatic nitrogens is 1. The molecule has 0 spiro atoms. The third-order valence-electron chi connectivity index (χ3n) is 3.37. The van der Waals surface area contributed by atoms with Gasteiger partial charge in [-0.05, 0) is 18.9 Å². The number of hydrogen-bond acceptors (Lipinski definition) is 5. The molecule has 0 unspecified atom stereocenters. The molecular weight excluding hydrogens is 260 g/mol. The lowest BCUT2D eigenvalue weighted by Crippen LogP contribution is -2.42. The Balaban J connectivity index is 1.96. The smallest absolute Gasteiger partial charge is 0.409 e. The van der Waals surface area contributed by atoms with Crippen molar-refractivity contribution in [1.82, 2.24) is 9.88 Å². The number of carbonyl (C=O) groups excluding carboxylic acids is 2. The fourth-order valence-corrected chi connectivity index (χ4v) is 2.27. The van der Waals surface area contributed by atoms with Gasteiger partial charge < -0.3 is 20.7 Å². The molecule has 1 saturated heterocycles. The highest BCUT2D eigenvalue weighted by atomic mass is 16.5. The first kappa shape index (κ1) is 14.1. The number of carbonyl (C=O) groups is 2. The van der Waals surface area contributed by atoms with Crippen LogP contribution in [-0.4, -0.2) is 48.1 Å². The van der Waals surface area contributed by atoms with Crippen molar-refractivity contribution in [2.24, 2.45) is 5.73 Å². The number of amides is 2. The van der Waals surface area contributed by atoms with Crippen LogP contribution in [-0.2, 0) is 4.74 Å². The van der Waals surface area contributed by atoms with Gasteiger partial charge in [-0.1, -0.05) is 0 Å². The Labute approximate surface area is 117 Å². The largest absolute Gasteiger partial charge is 0.453 e. The number of methoxy groups -OCH3 is 1. The fraction of sp³-hybridized carbons (Fsp3) is 0.462. The molecule has 0 atom stereocenters. The average Bonchev–Trinajstić information content (AvgIpc) is 2.47. The van der Waals surface area contributed by atoms with Gasteiger partial charge in [0, 0.05) is 31.5 Å². The van der Waals surface area contributed by atoms with Crippen LogP contribution in [0.2, 0.25) is 0 Å². The maximum atomic E-state index is 11.4. The lowest BCUT2D eigenvalue weighted by Gasteiger charge is -2.32. The summed E-state index contributed by atoms with van der Waals surface area (Å²) in [7, 11) is 1.38. The van der Waals surface area contributed by atoms with E-state index >= 15 is 0 Å². The van der Waals surface area contributed by atoms with Crippen LogP contribution in [0, 0.1) is 0 Å². The van der Waals surface area contributed by atoms with Gasteiger partial charge in [0.25, 0.3) is 5.91 Å². The van der Waals surface area contributed by atoms with Gasteiger partial charge >= 0.3 is 6.09 Å². The van der Waals surface area contributed by atoms with Gasteiger partial charge in [0.05, 0.1) is 18.4 Å². The van der Waals surface area contributed by atoms with E-state index in [4.69, 9.17) is 10.5 Å². The van der Waals surface area contributed by atoms with Crippen molar-refractivity contribution in [3.63, 3.8) is 0 Å². The Morgan fingerprint density at radius 2 is 2.15 bits per heavy atom. The zero-order valence-electron chi connectivity index (χ0n) is 11.3. The number of piperidine rings is 1. The van der Waals surface area contributed by atoms with Crippen LogP contribution in [0.4, 0.5) is 10.5 Å². The minimum Gasteiger partial charge on any atom is -0.453 e. The zero-order valence-corrected chi connectivity index (χ0v) is 11.3. The molecule has 108 valence electrons. The number of pyridine rings is 1. The number of primary amides is 1. The SMILES string of the molecule is COC(=O)N1CCC(Nc2ccncc2C(N)=O)CC1. The molecule has 1 fully saturated rings. The Hall–Kier alpha value is -2.31. The van der Waals surface area contributed by atoms with Crippen molar-refractivity contribution < 1.29 is 14.3 Å². The predicted octanol–water partition coefficient (Wildman–Crippen LogP) is 0.823. The molecule has 1 aliphatic rings. The predicted molar refractivity (Wildman–Crippen MR) is 73.4 cm³/mol. The lowest BCUT2D eigenvalue weighted by molar-refractivity contribution is 0.100. The summed E-state index contributed by atoms with van der Waals surface area (Å²) in [6, 6.07) is 1.92. The highest BCUT2D eigenvalue weighted by Gasteiger charge is 2.23. The maximum Gasteiger partial charge on any atom is 0.409 e. The van der Waals surface area contributed by atoms with Gasteiger partial charge in [-0.15, -0.1) is 0 Å². The van der Waals surface area contributed by atoms with E-state index in [-0.39, 0.29) is 12.1 Å². The minimum atomic E-state index is -0.507. The van der Waals surface area contributed by atoms with Crippen LogP contribution in [0.3, 0.4) is 0 Å². The molecule has 7 nitrogen and oxygen atoms in total. The third kappa shape index (κ3) is 3.17. The van der Waals surface area contributed by atoms with Crippen LogP contribution in [0.25, 0.3) is 0 Å². The van der Waals surface area contributed by atoms with Crippen LogP contribution in [0.15, 0.2) is 18.5 Å². The Morgan fingerprint density at radius 1 is 1.45 bits per heavy atom. The first-order chi connectivity index (χ1) is 9.61. The number of nitrogens with two attached hydrogens (primary N) is 1. The van der Waals surface area contributed by atoms with E-state index in [2.05, 4.69) is 10.3 Å². The van der Waals surface area contributed by atoms with Crippen LogP contribution >= 0.6 is 0 Å². The molecule has 3 N–H and O–H groups in total. The van der Waals surface area contributed by atoms with E-state index in [1.165, 1.54) is 13.3 Å². The summed E-state index contributed by atoms with van der Waals surface area (Å²) in [5, 5.41) is 3.29. The number of rotatable bonds is 3. The standard InChI is InChI=1S/C13H18N4O3/c1-20-13(19)17-6-3-9(4-7-17)16-11-2-5-15-8-10(11)12(14)18/h2,5,8-9H,3-4,6-7H2,1H3,(H2,14,18)(H,15,16). The van der Waals surface area contributed by atoms with E-state index in [9.17, 15) is 9.59 Å². The van der Waals surface area contributed by atoms with Gasteiger partial charge in [-0.3, -0.25) is 9.78 Å². The quantitative estimate of drug-likeness (QED) is 0.853. The second-order valence-corrected chi connectivity index (χ2v) is 4.66. The van der Waals surface area contributed by atoms with E-state index in [1.807, 2.05) is 0 Å². The van der Waals surface area contributed by atoms with Gasteiger partial charge in [0.1, 0.15) is 0 Å². The summed E-state index contributed by atoms with van der Waals surface area (Å²) in [4.78, 5) is 28.3. The van der Waals surface area contributed by atoms with Crippen LogP contribution < -0.4 is 11.1 Å². The average molecular weight is 278 g/mol. The van der Waals surface area contributed by atoms with Gasteiger partial charge in [-0.2, -0.15) is 0 Å². The number of nitrogens with one attached hydrogen (secondary N) is 1. The summed E-state index contributed by atoms with van der Waals surface area (Å²) in [5.41, 5.74) is 6.37. The summed E-state index contributed by atoms with van der Waals surface area (Å²) in [6.07, 6.45) is 4.34. The second kappa shape index (κ2) is 6.23. The minimum absolute atomic E-state index is 0.191. The van der Waals surface area contributed by atoms with Gasteiger partial charge in [0.2, 0.25) is 0 Å². The van der Waals surface area contributed by atoms with Crippen molar-refractivity contribution in [2.75, 3.05) is 25.5 Å². The van der Waals surface area contributed by atoms with Crippen LogP contribution in [0.1, 0.15) is 23.2 Å². The molecule has 7 heteroatoms. The van der Waals surface area contributed by atoms with E-state index < -0.39 is 5.91 Å². The summed E-state index contributed by atoms with van der Waals surface area (Å²) < 4.78 is 4.69. The Morgan fingerprint density at radius 3 is 2.75 bits per heavy atom. The second-order valence-electron chi connectivity index (χ2n) is 4.66. The van der Waals surface area contributed by atoms with Crippen LogP contribution in [0.5, 0.6) is 0 Å². The monoisotopic (exact) mass is 278 g/mol. The van der Waals surface area contributed by atoms with E-state index in [0.29, 0.717) is 24.3 Å². The molecule has 0 bridgehead atoms. The number of anilines is 1. The number of nitrogens with zero attached hydrogens (tertiary/aromatic N) is 2. The molecule has 0 aliphatic carbocycles. The van der Waals surface area contributed by atoms with Crippen molar-refractivity contribution in [3.8, 4) is 0 Å². The summed E-state index contributed by atoms with van der Waals surface area (Å²) in [5.74, 6) is -0.507.